The first kappa shape index (κ1) is 18.6. The minimum atomic E-state index is -4.88. The van der Waals surface area contributed by atoms with E-state index in [4.69, 9.17) is 0 Å². The van der Waals surface area contributed by atoms with Gasteiger partial charge in [-0.15, -0.1) is 12.1 Å². The van der Waals surface area contributed by atoms with Gasteiger partial charge in [0.1, 0.15) is 0 Å². The molecular weight excluding hydrogens is 229 g/mol. The first-order chi connectivity index (χ1) is 6.32. The fourth-order valence-electron chi connectivity index (χ4n) is 1.46. The second-order valence-corrected chi connectivity index (χ2v) is 3.62. The van der Waals surface area contributed by atoms with Crippen LogP contribution in [0.25, 0.3) is 0 Å². The van der Waals surface area contributed by atoms with Gasteiger partial charge in [-0.1, -0.05) is 13.8 Å². The van der Waals surface area contributed by atoms with E-state index in [1.807, 2.05) is 13.8 Å². The molecule has 15 heavy (non-hydrogen) atoms. The van der Waals surface area contributed by atoms with Crippen molar-refractivity contribution in [3.8, 4) is 0 Å². The van der Waals surface area contributed by atoms with E-state index in [0.717, 1.165) is 12.8 Å². The molecular formula is C9H18BF3KN. The summed E-state index contributed by atoms with van der Waals surface area (Å²) in [6.45, 7) is 2.08. The number of hydrogen-bond acceptors (Lipinski definition) is 1. The summed E-state index contributed by atoms with van der Waals surface area (Å²) in [5.41, 5.74) is -0.612. The molecule has 0 saturated carbocycles. The SMILES string of the molecule is C=C(CN(C)C(CC)CC)[B-](F)(F)F.[K+]. The Morgan fingerprint density at radius 3 is 1.93 bits per heavy atom. The fraction of sp³-hybridized carbons (Fsp3) is 0.778. The Morgan fingerprint density at radius 1 is 1.27 bits per heavy atom. The molecule has 0 saturated heterocycles. The quantitative estimate of drug-likeness (QED) is 0.600. The monoisotopic (exact) mass is 247 g/mol. The van der Waals surface area contributed by atoms with E-state index in [1.165, 1.54) is 0 Å². The third kappa shape index (κ3) is 7.18. The molecule has 0 aromatic rings. The van der Waals surface area contributed by atoms with E-state index >= 15 is 0 Å². The summed E-state index contributed by atoms with van der Waals surface area (Å²) >= 11 is 0. The molecule has 0 aromatic carbocycles. The van der Waals surface area contributed by atoms with Crippen molar-refractivity contribution in [3.05, 3.63) is 12.1 Å². The molecule has 0 amide bonds. The second-order valence-electron chi connectivity index (χ2n) is 3.62. The van der Waals surface area contributed by atoms with Crippen molar-refractivity contribution in [1.82, 2.24) is 4.90 Å². The molecule has 0 aliphatic heterocycles. The van der Waals surface area contributed by atoms with Crippen molar-refractivity contribution in [2.45, 2.75) is 32.7 Å². The Kier molecular flexibility index (Phi) is 10.3. The number of likely N-dealkylation sites (N-methyl/N-ethyl adjacent to an activating group) is 1. The topological polar surface area (TPSA) is 3.24 Å². The Balaban J connectivity index is 0. The van der Waals surface area contributed by atoms with Crippen LogP contribution in [-0.2, 0) is 0 Å². The van der Waals surface area contributed by atoms with Crippen LogP contribution >= 0.6 is 0 Å². The van der Waals surface area contributed by atoms with Crippen molar-refractivity contribution in [1.29, 1.82) is 0 Å². The van der Waals surface area contributed by atoms with Crippen LogP contribution in [-0.4, -0.2) is 31.5 Å². The maximum absolute atomic E-state index is 12.2. The molecule has 0 bridgehead atoms. The van der Waals surface area contributed by atoms with Crippen molar-refractivity contribution < 1.29 is 64.3 Å². The first-order valence-corrected chi connectivity index (χ1v) is 4.90. The van der Waals surface area contributed by atoms with Gasteiger partial charge >= 0.3 is 58.4 Å². The number of halogens is 3. The number of rotatable bonds is 6. The van der Waals surface area contributed by atoms with Crippen LogP contribution in [0.4, 0.5) is 12.9 Å². The third-order valence-corrected chi connectivity index (χ3v) is 2.48. The zero-order valence-corrected chi connectivity index (χ0v) is 13.2. The van der Waals surface area contributed by atoms with E-state index in [1.54, 1.807) is 11.9 Å². The van der Waals surface area contributed by atoms with E-state index < -0.39 is 12.4 Å². The van der Waals surface area contributed by atoms with E-state index in [2.05, 4.69) is 6.58 Å². The van der Waals surface area contributed by atoms with Crippen molar-refractivity contribution in [2.75, 3.05) is 13.6 Å². The molecule has 0 aliphatic carbocycles. The summed E-state index contributed by atoms with van der Waals surface area (Å²) < 4.78 is 36.7. The van der Waals surface area contributed by atoms with Crippen LogP contribution in [0, 0.1) is 0 Å². The summed E-state index contributed by atoms with van der Waals surface area (Å²) in [6.07, 6.45) is 1.73. The molecule has 6 heteroatoms. The van der Waals surface area contributed by atoms with Gasteiger partial charge in [0.05, 0.1) is 0 Å². The van der Waals surface area contributed by atoms with Crippen molar-refractivity contribution in [2.24, 2.45) is 0 Å². The fourth-order valence-corrected chi connectivity index (χ4v) is 1.46. The molecule has 84 valence electrons. The molecule has 0 rings (SSSR count). The van der Waals surface area contributed by atoms with E-state index in [9.17, 15) is 12.9 Å². The summed E-state index contributed by atoms with van der Waals surface area (Å²) in [7, 11) is 1.71. The van der Waals surface area contributed by atoms with E-state index in [0.29, 0.717) is 0 Å². The molecule has 0 atom stereocenters. The normalized spacial score (nSPS) is 11.7. The molecule has 0 radical (unpaired) electrons. The van der Waals surface area contributed by atoms with Gasteiger partial charge in [0.15, 0.2) is 0 Å². The molecule has 0 spiro atoms. The molecule has 0 unspecified atom stereocenters. The van der Waals surface area contributed by atoms with Crippen LogP contribution in [0.3, 0.4) is 0 Å². The minimum absolute atomic E-state index is 0. The number of hydrogen-bond donors (Lipinski definition) is 0. The minimum Gasteiger partial charge on any atom is -0.445 e. The predicted molar refractivity (Wildman–Crippen MR) is 55.2 cm³/mol. The molecule has 0 N–H and O–H groups in total. The summed E-state index contributed by atoms with van der Waals surface area (Å²) in [5.74, 6) is 0. The zero-order chi connectivity index (χ0) is 11.4. The van der Waals surface area contributed by atoms with Gasteiger partial charge in [0, 0.05) is 6.04 Å². The van der Waals surface area contributed by atoms with Gasteiger partial charge in [-0.3, -0.25) is 0 Å². The summed E-state index contributed by atoms with van der Waals surface area (Å²) in [5, 5.41) is 0. The second kappa shape index (κ2) is 8.31. The maximum atomic E-state index is 12.2. The average molecular weight is 247 g/mol. The average Bonchev–Trinajstić information content (AvgIpc) is 2.04. The zero-order valence-electron chi connectivity index (χ0n) is 10.1. The molecule has 0 heterocycles. The van der Waals surface area contributed by atoms with Crippen LogP contribution < -0.4 is 51.4 Å². The molecule has 1 nitrogen and oxygen atoms in total. The van der Waals surface area contributed by atoms with Crippen molar-refractivity contribution >= 4 is 6.98 Å². The Morgan fingerprint density at radius 2 is 1.67 bits per heavy atom. The van der Waals surface area contributed by atoms with Gasteiger partial charge in [-0.05, 0) is 26.4 Å². The Labute approximate surface area is 133 Å². The molecule has 0 aromatic heterocycles. The van der Waals surface area contributed by atoms with Crippen LogP contribution in [0.2, 0.25) is 0 Å². The number of nitrogens with zero attached hydrogens (tertiary/aromatic N) is 1. The van der Waals surface area contributed by atoms with Crippen LogP contribution in [0.1, 0.15) is 26.7 Å². The van der Waals surface area contributed by atoms with Crippen LogP contribution in [0.15, 0.2) is 12.1 Å². The van der Waals surface area contributed by atoms with E-state index in [-0.39, 0.29) is 64.0 Å². The van der Waals surface area contributed by atoms with Crippen molar-refractivity contribution in [3.63, 3.8) is 0 Å². The Bertz CT molecular complexity index is 192. The largest absolute Gasteiger partial charge is 1.00 e. The summed E-state index contributed by atoms with van der Waals surface area (Å²) in [4.78, 5) is 1.72. The van der Waals surface area contributed by atoms with Gasteiger partial charge in [-0.25, -0.2) is 0 Å². The first-order valence-electron chi connectivity index (χ1n) is 4.90. The predicted octanol–water partition coefficient (Wildman–Crippen LogP) is 0.0536. The van der Waals surface area contributed by atoms with Crippen LogP contribution in [0.5, 0.6) is 0 Å². The van der Waals surface area contributed by atoms with Gasteiger partial charge < -0.3 is 17.8 Å². The summed E-state index contributed by atoms with van der Waals surface area (Å²) in [6, 6.07) is 0.213. The Hall–Kier alpha value is 1.19. The van der Waals surface area contributed by atoms with Gasteiger partial charge in [0.25, 0.3) is 0 Å². The maximum Gasteiger partial charge on any atom is 1.00 e. The molecule has 0 aliphatic rings. The smallest absolute Gasteiger partial charge is 0.445 e. The standard InChI is InChI=1S/C9H18BF3N.K/c1-5-9(6-2)14(4)7-8(3)10(11,12)13;/h9H,3,5-7H2,1-2,4H3;/q-1;+1. The third-order valence-electron chi connectivity index (χ3n) is 2.48. The van der Waals surface area contributed by atoms with Gasteiger partial charge in [0.2, 0.25) is 0 Å². The van der Waals surface area contributed by atoms with Gasteiger partial charge in [-0.2, -0.15) is 0 Å². The molecule has 0 fully saturated rings.